The van der Waals surface area contributed by atoms with E-state index in [-0.39, 0.29) is 12.0 Å². The molecule has 2 aromatic rings. The Hall–Kier alpha value is -2.29. The number of anilines is 2. The monoisotopic (exact) mass is 444 g/mol. The molecule has 2 heterocycles. The van der Waals surface area contributed by atoms with Gasteiger partial charge in [-0.15, -0.1) is 0 Å². The van der Waals surface area contributed by atoms with Gasteiger partial charge in [-0.2, -0.15) is 5.10 Å². The number of aryl methyl sites for hydroxylation is 1. The Morgan fingerprint density at radius 2 is 2.00 bits per heavy atom. The first kappa shape index (κ1) is 26.0. The van der Waals surface area contributed by atoms with Crippen LogP contribution >= 0.6 is 0 Å². The molecule has 0 unspecified atom stereocenters. The summed E-state index contributed by atoms with van der Waals surface area (Å²) in [6.45, 7) is 12.6. The van der Waals surface area contributed by atoms with E-state index >= 15 is 0 Å². The van der Waals surface area contributed by atoms with E-state index in [1.165, 1.54) is 6.21 Å². The third-order valence-corrected chi connectivity index (χ3v) is 6.16. The molecule has 1 aliphatic carbocycles. The summed E-state index contributed by atoms with van der Waals surface area (Å²) in [5.74, 6) is 1.89. The molecule has 3 rings (SSSR count). The predicted octanol–water partition coefficient (Wildman–Crippen LogP) is 3.87. The Morgan fingerprint density at radius 1 is 1.31 bits per heavy atom. The highest BCUT2D eigenvalue weighted by molar-refractivity contribution is 5.88. The molecule has 1 saturated carbocycles. The lowest BCUT2D eigenvalue weighted by Gasteiger charge is -2.42. The van der Waals surface area contributed by atoms with Crippen molar-refractivity contribution < 1.29 is 10.2 Å². The maximum absolute atomic E-state index is 11.4. The van der Waals surface area contributed by atoms with Crippen LogP contribution in [0, 0.1) is 23.7 Å². The second-order valence-corrected chi connectivity index (χ2v) is 9.56. The normalized spacial score (nSPS) is 20.9. The first-order chi connectivity index (χ1) is 15.1. The zero-order valence-corrected chi connectivity index (χ0v) is 20.1. The van der Waals surface area contributed by atoms with Gasteiger partial charge in [0.25, 0.3) is 0 Å². The summed E-state index contributed by atoms with van der Waals surface area (Å²) >= 11 is 0. The Morgan fingerprint density at radius 3 is 2.47 bits per heavy atom. The zero-order chi connectivity index (χ0) is 23.8. The van der Waals surface area contributed by atoms with E-state index in [0.717, 1.165) is 37.2 Å². The zero-order valence-electron chi connectivity index (χ0n) is 20.1. The van der Waals surface area contributed by atoms with Crippen LogP contribution in [-0.2, 0) is 5.60 Å². The number of H-pyrrole nitrogens is 1. The van der Waals surface area contributed by atoms with E-state index in [9.17, 15) is 5.11 Å². The number of likely N-dealkylation sites (N-methyl/N-ethyl adjacent to an activating group) is 1. The van der Waals surface area contributed by atoms with Crippen LogP contribution in [-0.4, -0.2) is 51.3 Å². The van der Waals surface area contributed by atoms with E-state index in [1.807, 2.05) is 19.9 Å². The van der Waals surface area contributed by atoms with Gasteiger partial charge in [-0.25, -0.2) is 4.98 Å². The predicted molar refractivity (Wildman–Crippen MR) is 130 cm³/mol. The number of hydrogen-bond acceptors (Lipinski definition) is 7. The molecule has 0 radical (unpaired) electrons. The number of rotatable bonds is 7. The second kappa shape index (κ2) is 11.5. The molecule has 8 nitrogen and oxygen atoms in total. The van der Waals surface area contributed by atoms with Crippen molar-refractivity contribution in [3.8, 4) is 0 Å². The van der Waals surface area contributed by atoms with Crippen LogP contribution in [0.2, 0.25) is 0 Å². The molecule has 178 valence electrons. The molecule has 6 N–H and O–H groups in total. The van der Waals surface area contributed by atoms with Gasteiger partial charge in [0.15, 0.2) is 0 Å². The number of aliphatic hydroxyl groups is 2. The van der Waals surface area contributed by atoms with E-state index in [4.69, 9.17) is 10.5 Å². The van der Waals surface area contributed by atoms with Crippen molar-refractivity contribution in [3.05, 3.63) is 35.2 Å². The van der Waals surface area contributed by atoms with Gasteiger partial charge < -0.3 is 26.3 Å². The van der Waals surface area contributed by atoms with E-state index < -0.39 is 5.60 Å². The van der Waals surface area contributed by atoms with Crippen molar-refractivity contribution in [2.75, 3.05) is 25.0 Å². The molecule has 2 aromatic heterocycles. The molecule has 0 aromatic carbocycles. The van der Waals surface area contributed by atoms with Crippen LogP contribution in [0.4, 0.5) is 11.6 Å². The van der Waals surface area contributed by atoms with Crippen LogP contribution in [0.25, 0.3) is 0 Å². The fraction of sp³-hybridized carbons (Fsp3) is 0.625. The summed E-state index contributed by atoms with van der Waals surface area (Å²) in [6.07, 6.45) is 6.34. The van der Waals surface area contributed by atoms with E-state index in [0.29, 0.717) is 36.0 Å². The van der Waals surface area contributed by atoms with Gasteiger partial charge in [-0.05, 0) is 62.1 Å². The SMILES string of the molecule is CCNCCO.Cc1cc(C2(O)CCC(C(C)(C)C)CC2)c(C=N)c(Nc2ccn[nH]2)n1. The van der Waals surface area contributed by atoms with Crippen LogP contribution in [0.15, 0.2) is 18.3 Å². The summed E-state index contributed by atoms with van der Waals surface area (Å²) in [5, 5.41) is 40.4. The standard InChI is InChI=1S/C20H29N5O.C4H11NO/c1-13-11-16(20(26)8-5-14(6-9-20)19(2,3)4)15(12-21)18(23-13)24-17-7-10-22-25-17;1-2-5-3-4-6/h7,10-12,14,21,26H,5-6,8-9H2,1-4H3,(H2,22,23,24,25);5-6H,2-4H2,1H3. The summed E-state index contributed by atoms with van der Waals surface area (Å²) in [7, 11) is 0. The molecule has 0 bridgehead atoms. The number of aliphatic hydroxyl groups excluding tert-OH is 1. The number of pyridine rings is 1. The van der Waals surface area contributed by atoms with Gasteiger partial charge in [-0.3, -0.25) is 5.10 Å². The van der Waals surface area contributed by atoms with Crippen molar-refractivity contribution in [1.82, 2.24) is 20.5 Å². The largest absolute Gasteiger partial charge is 0.395 e. The Bertz CT molecular complexity index is 833. The molecule has 0 amide bonds. The van der Waals surface area contributed by atoms with Crippen LogP contribution in [0.5, 0.6) is 0 Å². The Kier molecular flexibility index (Phi) is 9.36. The average molecular weight is 445 g/mol. The molecule has 0 spiro atoms. The smallest absolute Gasteiger partial charge is 0.140 e. The van der Waals surface area contributed by atoms with Crippen molar-refractivity contribution in [2.45, 2.75) is 65.9 Å². The Balaban J connectivity index is 0.000000534. The topological polar surface area (TPSA) is 130 Å². The molecule has 1 fully saturated rings. The highest BCUT2D eigenvalue weighted by Gasteiger charge is 2.40. The molecule has 32 heavy (non-hydrogen) atoms. The third-order valence-electron chi connectivity index (χ3n) is 6.16. The number of hydrogen-bond donors (Lipinski definition) is 6. The molecular weight excluding hydrogens is 404 g/mol. The summed E-state index contributed by atoms with van der Waals surface area (Å²) < 4.78 is 0. The van der Waals surface area contributed by atoms with Crippen LogP contribution in [0.1, 0.15) is 70.2 Å². The fourth-order valence-corrected chi connectivity index (χ4v) is 4.25. The minimum Gasteiger partial charge on any atom is -0.395 e. The fourth-order valence-electron chi connectivity index (χ4n) is 4.25. The van der Waals surface area contributed by atoms with Crippen molar-refractivity contribution in [2.24, 2.45) is 11.3 Å². The molecule has 8 heteroatoms. The van der Waals surface area contributed by atoms with Crippen molar-refractivity contribution >= 4 is 17.9 Å². The quantitative estimate of drug-likeness (QED) is 0.284. The third kappa shape index (κ3) is 6.85. The van der Waals surface area contributed by atoms with Gasteiger partial charge in [0.2, 0.25) is 0 Å². The van der Waals surface area contributed by atoms with Gasteiger partial charge >= 0.3 is 0 Å². The van der Waals surface area contributed by atoms with Gasteiger partial charge in [-0.1, -0.05) is 27.7 Å². The van der Waals surface area contributed by atoms with Crippen LogP contribution < -0.4 is 10.6 Å². The summed E-state index contributed by atoms with van der Waals surface area (Å²) in [5.41, 5.74) is 1.61. The summed E-state index contributed by atoms with van der Waals surface area (Å²) in [4.78, 5) is 4.54. The number of aromatic nitrogens is 3. The van der Waals surface area contributed by atoms with Gasteiger partial charge in [0.1, 0.15) is 11.6 Å². The number of aromatic amines is 1. The van der Waals surface area contributed by atoms with E-state index in [2.05, 4.69) is 46.6 Å². The van der Waals surface area contributed by atoms with Crippen molar-refractivity contribution in [1.29, 1.82) is 5.41 Å². The minimum atomic E-state index is -0.910. The minimum absolute atomic E-state index is 0.244. The maximum atomic E-state index is 11.4. The molecular formula is C24H40N6O2. The first-order valence-electron chi connectivity index (χ1n) is 11.5. The maximum Gasteiger partial charge on any atom is 0.140 e. The summed E-state index contributed by atoms with van der Waals surface area (Å²) in [6, 6.07) is 3.73. The van der Waals surface area contributed by atoms with Crippen molar-refractivity contribution in [3.63, 3.8) is 0 Å². The highest BCUT2D eigenvalue weighted by atomic mass is 16.3. The van der Waals surface area contributed by atoms with Crippen LogP contribution in [0.3, 0.4) is 0 Å². The number of nitrogens with zero attached hydrogens (tertiary/aromatic N) is 2. The lowest BCUT2D eigenvalue weighted by molar-refractivity contribution is -0.0299. The highest BCUT2D eigenvalue weighted by Crippen LogP contribution is 2.46. The molecule has 0 aliphatic heterocycles. The second-order valence-electron chi connectivity index (χ2n) is 9.56. The average Bonchev–Trinajstić information content (AvgIpc) is 3.25. The first-order valence-corrected chi connectivity index (χ1v) is 11.5. The molecule has 0 atom stereocenters. The van der Waals surface area contributed by atoms with Gasteiger partial charge in [0, 0.05) is 30.1 Å². The van der Waals surface area contributed by atoms with Gasteiger partial charge in [0.05, 0.1) is 18.4 Å². The Labute approximate surface area is 191 Å². The van der Waals surface area contributed by atoms with E-state index in [1.54, 1.807) is 12.3 Å². The molecule has 1 aliphatic rings. The molecule has 0 saturated heterocycles. The lowest BCUT2D eigenvalue weighted by Crippen LogP contribution is -2.36. The lowest BCUT2D eigenvalue weighted by atomic mass is 9.66. The number of nitrogens with one attached hydrogen (secondary N) is 4.